The SMILES string of the molecule is CCOC(=O)c1cc(CC)sc1NC(=O)CNc1cccc(-c2nnc3n2CCCCC3)c1. The Labute approximate surface area is 197 Å². The number of benzene rings is 1. The van der Waals surface area contributed by atoms with Crippen LogP contribution in [-0.4, -0.2) is 39.8 Å². The van der Waals surface area contributed by atoms with Gasteiger partial charge in [0, 0.05) is 29.1 Å². The molecule has 1 aliphatic heterocycles. The number of aryl methyl sites for hydroxylation is 2. The Balaban J connectivity index is 1.43. The Morgan fingerprint density at radius 1 is 1.15 bits per heavy atom. The molecule has 0 bridgehead atoms. The number of anilines is 2. The number of amides is 1. The van der Waals surface area contributed by atoms with E-state index in [0.29, 0.717) is 10.6 Å². The van der Waals surface area contributed by atoms with Gasteiger partial charge in [0.1, 0.15) is 10.8 Å². The second-order valence-corrected chi connectivity index (χ2v) is 9.05. The summed E-state index contributed by atoms with van der Waals surface area (Å²) in [5.41, 5.74) is 2.19. The molecule has 2 N–H and O–H groups in total. The minimum Gasteiger partial charge on any atom is -0.462 e. The van der Waals surface area contributed by atoms with Crippen molar-refractivity contribution in [3.8, 4) is 11.4 Å². The summed E-state index contributed by atoms with van der Waals surface area (Å²) in [5.74, 6) is 1.26. The highest BCUT2D eigenvalue weighted by molar-refractivity contribution is 7.16. The summed E-state index contributed by atoms with van der Waals surface area (Å²) in [4.78, 5) is 25.9. The van der Waals surface area contributed by atoms with E-state index < -0.39 is 5.97 Å². The van der Waals surface area contributed by atoms with Crippen LogP contribution >= 0.6 is 11.3 Å². The van der Waals surface area contributed by atoms with Crippen molar-refractivity contribution in [1.29, 1.82) is 0 Å². The maximum atomic E-state index is 12.6. The van der Waals surface area contributed by atoms with E-state index in [1.807, 2.05) is 31.2 Å². The van der Waals surface area contributed by atoms with Crippen molar-refractivity contribution < 1.29 is 14.3 Å². The van der Waals surface area contributed by atoms with Gasteiger partial charge in [-0.05, 0) is 44.4 Å². The largest absolute Gasteiger partial charge is 0.462 e. The van der Waals surface area contributed by atoms with E-state index >= 15 is 0 Å². The quantitative estimate of drug-likeness (QED) is 0.473. The molecule has 0 saturated carbocycles. The number of aromatic nitrogens is 3. The lowest BCUT2D eigenvalue weighted by molar-refractivity contribution is -0.114. The average Bonchev–Trinajstić information content (AvgIpc) is 3.34. The Kier molecular flexibility index (Phi) is 7.39. The smallest absolute Gasteiger partial charge is 0.341 e. The fraction of sp³-hybridized carbons (Fsp3) is 0.417. The van der Waals surface area contributed by atoms with Crippen molar-refractivity contribution in [3.05, 3.63) is 46.6 Å². The number of thiophene rings is 1. The van der Waals surface area contributed by atoms with E-state index in [-0.39, 0.29) is 19.1 Å². The van der Waals surface area contributed by atoms with Gasteiger partial charge in [0.15, 0.2) is 5.82 Å². The van der Waals surface area contributed by atoms with Gasteiger partial charge in [-0.15, -0.1) is 21.5 Å². The lowest BCUT2D eigenvalue weighted by atomic mass is 10.2. The van der Waals surface area contributed by atoms with Crippen LogP contribution in [0, 0.1) is 0 Å². The Morgan fingerprint density at radius 2 is 2.03 bits per heavy atom. The summed E-state index contributed by atoms with van der Waals surface area (Å²) in [7, 11) is 0. The third kappa shape index (κ3) is 5.42. The normalized spacial score (nSPS) is 13.2. The maximum Gasteiger partial charge on any atom is 0.341 e. The van der Waals surface area contributed by atoms with E-state index in [1.54, 1.807) is 13.0 Å². The summed E-state index contributed by atoms with van der Waals surface area (Å²) in [5, 5.41) is 15.3. The summed E-state index contributed by atoms with van der Waals surface area (Å²) in [6.45, 7) is 5.06. The number of hydrogen-bond donors (Lipinski definition) is 2. The molecule has 4 rings (SSSR count). The second-order valence-electron chi connectivity index (χ2n) is 7.91. The lowest BCUT2D eigenvalue weighted by Gasteiger charge is -2.10. The van der Waals surface area contributed by atoms with Crippen molar-refractivity contribution in [2.24, 2.45) is 0 Å². The summed E-state index contributed by atoms with van der Waals surface area (Å²) in [6, 6.07) is 9.65. The molecule has 0 fully saturated rings. The van der Waals surface area contributed by atoms with Gasteiger partial charge in [0.2, 0.25) is 5.91 Å². The molecule has 0 radical (unpaired) electrons. The van der Waals surface area contributed by atoms with Crippen molar-refractivity contribution in [3.63, 3.8) is 0 Å². The van der Waals surface area contributed by atoms with Gasteiger partial charge in [-0.1, -0.05) is 25.5 Å². The predicted octanol–water partition coefficient (Wildman–Crippen LogP) is 4.52. The van der Waals surface area contributed by atoms with Crippen LogP contribution in [-0.2, 0) is 28.9 Å². The minimum atomic E-state index is -0.420. The van der Waals surface area contributed by atoms with Gasteiger partial charge in [0.05, 0.1) is 18.7 Å². The Morgan fingerprint density at radius 3 is 2.85 bits per heavy atom. The van der Waals surface area contributed by atoms with E-state index in [1.165, 1.54) is 17.8 Å². The highest BCUT2D eigenvalue weighted by Gasteiger charge is 2.19. The van der Waals surface area contributed by atoms with Gasteiger partial charge >= 0.3 is 5.97 Å². The lowest BCUT2D eigenvalue weighted by Crippen LogP contribution is -2.22. The topological polar surface area (TPSA) is 98.1 Å². The standard InChI is InChI=1S/C24H29N5O3S/c1-3-18-14-19(24(31)32-4-2)23(33-18)26-21(30)15-25-17-10-8-9-16(13-17)22-28-27-20-11-6-5-7-12-29(20)22/h8-10,13-14,25H,3-7,11-12,15H2,1-2H3,(H,26,30). The molecule has 174 valence electrons. The molecule has 2 aromatic heterocycles. The van der Waals surface area contributed by atoms with Gasteiger partial charge in [-0.3, -0.25) is 4.79 Å². The molecule has 9 heteroatoms. The summed E-state index contributed by atoms with van der Waals surface area (Å²) < 4.78 is 7.33. The van der Waals surface area contributed by atoms with Crippen molar-refractivity contribution in [1.82, 2.24) is 14.8 Å². The van der Waals surface area contributed by atoms with Crippen LogP contribution in [0.25, 0.3) is 11.4 Å². The molecule has 0 spiro atoms. The van der Waals surface area contributed by atoms with Gasteiger partial charge < -0.3 is 19.9 Å². The Hall–Kier alpha value is -3.20. The second kappa shape index (κ2) is 10.6. The van der Waals surface area contributed by atoms with E-state index in [2.05, 4.69) is 25.4 Å². The zero-order chi connectivity index (χ0) is 23.2. The summed E-state index contributed by atoms with van der Waals surface area (Å²) >= 11 is 1.40. The molecular weight excluding hydrogens is 438 g/mol. The number of ether oxygens (including phenoxy) is 1. The van der Waals surface area contributed by atoms with Crippen LogP contribution in [0.15, 0.2) is 30.3 Å². The Bertz CT molecular complexity index is 1140. The van der Waals surface area contributed by atoms with Crippen molar-refractivity contribution in [2.45, 2.75) is 52.5 Å². The maximum absolute atomic E-state index is 12.6. The number of carbonyl (C=O) groups excluding carboxylic acids is 2. The molecule has 1 aromatic carbocycles. The van der Waals surface area contributed by atoms with E-state index in [4.69, 9.17) is 4.74 Å². The van der Waals surface area contributed by atoms with Crippen LogP contribution in [0.1, 0.15) is 54.2 Å². The van der Waals surface area contributed by atoms with Crippen LogP contribution < -0.4 is 10.6 Å². The molecular formula is C24H29N5O3S. The molecule has 3 aromatic rings. The first-order chi connectivity index (χ1) is 16.1. The third-order valence-corrected chi connectivity index (χ3v) is 6.76. The van der Waals surface area contributed by atoms with Gasteiger partial charge in [-0.25, -0.2) is 4.79 Å². The third-order valence-electron chi connectivity index (χ3n) is 5.56. The van der Waals surface area contributed by atoms with Gasteiger partial charge in [0.25, 0.3) is 0 Å². The molecule has 0 unspecified atom stereocenters. The molecule has 0 saturated heterocycles. The number of hydrogen-bond acceptors (Lipinski definition) is 7. The monoisotopic (exact) mass is 467 g/mol. The van der Waals surface area contributed by atoms with E-state index in [0.717, 1.165) is 60.0 Å². The minimum absolute atomic E-state index is 0.0724. The zero-order valence-electron chi connectivity index (χ0n) is 19.0. The molecule has 3 heterocycles. The van der Waals surface area contributed by atoms with Crippen LogP contribution in [0.4, 0.5) is 10.7 Å². The van der Waals surface area contributed by atoms with E-state index in [9.17, 15) is 9.59 Å². The molecule has 1 aliphatic rings. The van der Waals surface area contributed by atoms with Crippen LogP contribution in [0.3, 0.4) is 0 Å². The molecule has 0 aliphatic carbocycles. The highest BCUT2D eigenvalue weighted by atomic mass is 32.1. The number of nitrogens with zero attached hydrogens (tertiary/aromatic N) is 3. The molecule has 1 amide bonds. The molecule has 33 heavy (non-hydrogen) atoms. The molecule has 0 atom stereocenters. The first-order valence-corrected chi connectivity index (χ1v) is 12.3. The van der Waals surface area contributed by atoms with Crippen LogP contribution in [0.5, 0.6) is 0 Å². The molecule has 8 nitrogen and oxygen atoms in total. The fourth-order valence-corrected chi connectivity index (χ4v) is 4.89. The zero-order valence-corrected chi connectivity index (χ0v) is 19.8. The number of fused-ring (bicyclic) bond motifs is 1. The number of carbonyl (C=O) groups is 2. The first-order valence-electron chi connectivity index (χ1n) is 11.4. The fourth-order valence-electron chi connectivity index (χ4n) is 3.89. The van der Waals surface area contributed by atoms with Gasteiger partial charge in [-0.2, -0.15) is 0 Å². The number of esters is 1. The van der Waals surface area contributed by atoms with Crippen molar-refractivity contribution >= 4 is 33.9 Å². The van der Waals surface area contributed by atoms with Crippen LogP contribution in [0.2, 0.25) is 0 Å². The highest BCUT2D eigenvalue weighted by Crippen LogP contribution is 2.29. The van der Waals surface area contributed by atoms with Crippen molar-refractivity contribution in [2.75, 3.05) is 23.8 Å². The first kappa shape index (κ1) is 23.0. The average molecular weight is 468 g/mol. The summed E-state index contributed by atoms with van der Waals surface area (Å²) in [6.07, 6.45) is 5.23. The number of nitrogens with one attached hydrogen (secondary N) is 2. The predicted molar refractivity (Wildman–Crippen MR) is 130 cm³/mol. The number of rotatable bonds is 8.